The average Bonchev–Trinajstić information content (AvgIpc) is 2.84. The van der Waals surface area contributed by atoms with Crippen molar-refractivity contribution >= 4 is 11.5 Å². The van der Waals surface area contributed by atoms with E-state index in [9.17, 15) is 4.79 Å². The molecule has 0 aromatic heterocycles. The second-order valence-corrected chi connectivity index (χ2v) is 6.98. The van der Waals surface area contributed by atoms with Crippen LogP contribution in [0.3, 0.4) is 0 Å². The molecular weight excluding hydrogens is 363 g/mol. The van der Waals surface area contributed by atoms with E-state index in [-0.39, 0.29) is 44.2 Å². The monoisotopic (exact) mass is 391 g/mol. The van der Waals surface area contributed by atoms with E-state index < -0.39 is 0 Å². The number of benzene rings is 1. The zero-order chi connectivity index (χ0) is 16.2. The van der Waals surface area contributed by atoms with Gasteiger partial charge in [-0.3, -0.25) is 4.79 Å². The van der Waals surface area contributed by atoms with Crippen molar-refractivity contribution in [1.82, 2.24) is 0 Å². The van der Waals surface area contributed by atoms with Crippen LogP contribution in [0.25, 0.3) is 0 Å². The van der Waals surface area contributed by atoms with Gasteiger partial charge in [0.15, 0.2) is 5.78 Å². The molecule has 1 aromatic rings. The van der Waals surface area contributed by atoms with Gasteiger partial charge in [0.2, 0.25) is 0 Å². The molecule has 4 heteroatoms. The van der Waals surface area contributed by atoms with Crippen molar-refractivity contribution in [2.75, 3.05) is 24.7 Å². The molecule has 0 N–H and O–H groups in total. The van der Waals surface area contributed by atoms with Gasteiger partial charge in [-0.25, -0.2) is 0 Å². The zero-order valence-electron chi connectivity index (χ0n) is 14.7. The van der Waals surface area contributed by atoms with Crippen LogP contribution in [-0.2, 0) is 47.7 Å². The van der Waals surface area contributed by atoms with Gasteiger partial charge in [-0.2, -0.15) is 0 Å². The molecule has 1 aliphatic rings. The Hall–Kier alpha value is -0.246. The first-order chi connectivity index (χ1) is 10.4. The third-order valence-corrected chi connectivity index (χ3v) is 4.32. The number of carbonyl (C=O) groups excluding carboxylic acids is 1. The smallest absolute Gasteiger partial charge is 0.156 e. The number of carbonyl (C=O) groups is 1. The Labute approximate surface area is 166 Å². The number of anilines is 1. The molecule has 0 amide bonds. The summed E-state index contributed by atoms with van der Waals surface area (Å²) in [5, 5.41) is 0. The number of rotatable bonds is 6. The van der Waals surface area contributed by atoms with Crippen molar-refractivity contribution in [2.45, 2.75) is 51.5 Å². The van der Waals surface area contributed by atoms with Crippen molar-refractivity contribution in [3.8, 4) is 0 Å². The Morgan fingerprint density at radius 1 is 1.26 bits per heavy atom. The largest absolute Gasteiger partial charge is 0.413 e. The first kappa shape index (κ1) is 20.8. The normalized spacial score (nSPS) is 18.2. The summed E-state index contributed by atoms with van der Waals surface area (Å²) in [5.74, 6) is 0.356. The molecule has 1 unspecified atom stereocenters. The van der Waals surface area contributed by atoms with Gasteiger partial charge < -0.3 is 16.6 Å². The molecule has 3 nitrogen and oxygen atoms in total. The molecule has 0 saturated carbocycles. The Morgan fingerprint density at radius 3 is 2.48 bits per heavy atom. The first-order valence-electron chi connectivity index (χ1n) is 8.20. The van der Waals surface area contributed by atoms with E-state index in [1.165, 1.54) is 5.56 Å². The fourth-order valence-electron chi connectivity index (χ4n) is 2.99. The molecule has 2 rings (SSSR count). The van der Waals surface area contributed by atoms with Crippen LogP contribution in [0.4, 0.5) is 5.69 Å². The van der Waals surface area contributed by atoms with Gasteiger partial charge in [-0.15, -0.1) is 0 Å². The third-order valence-electron chi connectivity index (χ3n) is 4.32. The average molecular weight is 391 g/mol. The molecule has 23 heavy (non-hydrogen) atoms. The summed E-state index contributed by atoms with van der Waals surface area (Å²) < 4.78 is 5.28. The van der Waals surface area contributed by atoms with Gasteiger partial charge in [0.05, 0.1) is 6.04 Å². The molecule has 125 valence electrons. The van der Waals surface area contributed by atoms with Crippen LogP contribution in [0.5, 0.6) is 0 Å². The van der Waals surface area contributed by atoms with Crippen molar-refractivity contribution < 1.29 is 42.2 Å². The van der Waals surface area contributed by atoms with Crippen LogP contribution in [-0.4, -0.2) is 31.6 Å². The van der Waals surface area contributed by atoms with E-state index in [1.54, 1.807) is 0 Å². The predicted octanol–water partition coefficient (Wildman–Crippen LogP) is 3.76. The summed E-state index contributed by atoms with van der Waals surface area (Å²) in [6.45, 7) is 12.3. The third kappa shape index (κ3) is 5.65. The number of hydrogen-bond acceptors (Lipinski definition) is 3. The first-order valence-corrected chi connectivity index (χ1v) is 8.20. The molecule has 1 heterocycles. The minimum atomic E-state index is 0. The van der Waals surface area contributed by atoms with Crippen LogP contribution >= 0.6 is 0 Å². The molecule has 0 bridgehead atoms. The van der Waals surface area contributed by atoms with Crippen LogP contribution in [0.15, 0.2) is 24.3 Å². The Bertz CT molecular complexity index is 493. The topological polar surface area (TPSA) is 29.5 Å². The maximum atomic E-state index is 12.2. The molecule has 1 radical (unpaired) electrons. The second kappa shape index (κ2) is 9.29. The van der Waals surface area contributed by atoms with Gasteiger partial charge in [0.1, 0.15) is 0 Å². The molecule has 1 fully saturated rings. The summed E-state index contributed by atoms with van der Waals surface area (Å²) in [6, 6.07) is 8.67. The van der Waals surface area contributed by atoms with Crippen molar-refractivity contribution in [2.24, 2.45) is 0 Å². The molecule has 0 aliphatic carbocycles. The minimum Gasteiger partial charge on any atom is -0.413 e. The Morgan fingerprint density at radius 2 is 1.91 bits per heavy atom. The molecule has 1 aromatic carbocycles. The maximum absolute atomic E-state index is 12.2. The van der Waals surface area contributed by atoms with E-state index in [4.69, 9.17) is 4.74 Å². The number of nitrogens with zero attached hydrogens (tertiary/aromatic N) is 1. The molecule has 1 aliphatic heterocycles. The number of ether oxygens (including phenoxy) is 1. The minimum absolute atomic E-state index is 0. The van der Waals surface area contributed by atoms with Crippen molar-refractivity contribution in [1.29, 1.82) is 0 Å². The fourth-order valence-corrected chi connectivity index (χ4v) is 2.99. The van der Waals surface area contributed by atoms with Crippen molar-refractivity contribution in [3.05, 3.63) is 36.8 Å². The van der Waals surface area contributed by atoms with Crippen LogP contribution in [0, 0.1) is 6.92 Å². The van der Waals surface area contributed by atoms with Gasteiger partial charge in [0.25, 0.3) is 0 Å². The molecule has 1 atom stereocenters. The van der Waals surface area contributed by atoms with Crippen molar-refractivity contribution in [3.63, 3.8) is 0 Å². The van der Waals surface area contributed by atoms with Gasteiger partial charge in [0, 0.05) is 58.0 Å². The van der Waals surface area contributed by atoms with Gasteiger partial charge in [-0.05, 0) is 36.0 Å². The van der Waals surface area contributed by atoms with Crippen LogP contribution in [0.1, 0.15) is 45.6 Å². The zero-order valence-corrected chi connectivity index (χ0v) is 17.5. The SMILES string of the molecule is [CH2-]COCCCC1C(=O)CCN1c1ccc(C(C)(C)C)cc1.[Y]. The second-order valence-electron chi connectivity index (χ2n) is 6.98. The molecular formula is C19H28NO2Y-. The van der Waals surface area contributed by atoms with Crippen LogP contribution in [0.2, 0.25) is 0 Å². The standard InChI is InChI=1S/C19H28NO2.Y/c1-5-22-14-6-7-17-18(21)12-13-20(17)16-10-8-15(9-11-16)19(2,3)4;/h8-11,17H,1,5-7,12-14H2,2-4H3;/q-1;. The summed E-state index contributed by atoms with van der Waals surface area (Å²) >= 11 is 0. The summed E-state index contributed by atoms with van der Waals surface area (Å²) in [7, 11) is 0. The summed E-state index contributed by atoms with van der Waals surface area (Å²) in [6.07, 6.45) is 2.42. The van der Waals surface area contributed by atoms with E-state index in [0.717, 1.165) is 25.1 Å². The Balaban J connectivity index is 0.00000264. The van der Waals surface area contributed by atoms with Crippen LogP contribution < -0.4 is 4.90 Å². The molecule has 0 spiro atoms. The number of hydrogen-bond donors (Lipinski definition) is 0. The number of Topliss-reactive ketones (excluding diaryl/α,β-unsaturated/α-hetero) is 1. The maximum Gasteiger partial charge on any atom is 0.156 e. The number of ketones is 1. The summed E-state index contributed by atoms with van der Waals surface area (Å²) in [4.78, 5) is 14.4. The Kier molecular flexibility index (Phi) is 8.40. The van der Waals surface area contributed by atoms with E-state index >= 15 is 0 Å². The van der Waals surface area contributed by atoms with E-state index in [0.29, 0.717) is 25.4 Å². The van der Waals surface area contributed by atoms with E-state index in [1.807, 2.05) is 0 Å². The van der Waals surface area contributed by atoms with E-state index in [2.05, 4.69) is 56.9 Å². The quantitative estimate of drug-likeness (QED) is 0.546. The molecule has 1 saturated heterocycles. The predicted molar refractivity (Wildman–Crippen MR) is 91.3 cm³/mol. The van der Waals surface area contributed by atoms with Gasteiger partial charge in [-0.1, -0.05) is 39.5 Å². The summed E-state index contributed by atoms with van der Waals surface area (Å²) in [5.41, 5.74) is 2.63. The van der Waals surface area contributed by atoms with Gasteiger partial charge >= 0.3 is 0 Å². The fraction of sp³-hybridized carbons (Fsp3) is 0.579.